The topological polar surface area (TPSA) is 92.5 Å². The number of carbonyl (C=O) groups is 1. The zero-order valence-electron chi connectivity index (χ0n) is 14.9. The van der Waals surface area contributed by atoms with Gasteiger partial charge in [0.1, 0.15) is 5.76 Å². The summed E-state index contributed by atoms with van der Waals surface area (Å²) in [6.45, 7) is 2.52. The molecular formula is C18H23N3O4S. The fourth-order valence-corrected chi connectivity index (χ4v) is 3.66. The molecule has 1 amide bonds. The van der Waals surface area contributed by atoms with Crippen molar-refractivity contribution in [3.8, 4) is 11.5 Å². The first-order chi connectivity index (χ1) is 12.3. The monoisotopic (exact) mass is 377 g/mol. The number of aryl methyl sites for hydroxylation is 1. The van der Waals surface area contributed by atoms with Crippen LogP contribution in [0, 0.1) is 6.92 Å². The Hall–Kier alpha value is -2.19. The lowest BCUT2D eigenvalue weighted by Gasteiger charge is -2.35. The van der Waals surface area contributed by atoms with Gasteiger partial charge in [-0.25, -0.2) is 18.1 Å². The molecule has 0 saturated carbocycles. The van der Waals surface area contributed by atoms with Crippen molar-refractivity contribution in [2.75, 3.05) is 19.3 Å². The summed E-state index contributed by atoms with van der Waals surface area (Å²) in [6.07, 6.45) is 3.74. The Bertz CT molecular complexity index is 877. The maximum atomic E-state index is 13.0. The molecule has 1 aromatic heterocycles. The van der Waals surface area contributed by atoms with Crippen LogP contribution in [-0.2, 0) is 10.0 Å². The Balaban J connectivity index is 1.82. The molecule has 1 aromatic carbocycles. The fraction of sp³-hybridized carbons (Fsp3) is 0.444. The van der Waals surface area contributed by atoms with E-state index in [-0.39, 0.29) is 24.2 Å². The molecule has 26 heavy (non-hydrogen) atoms. The van der Waals surface area contributed by atoms with E-state index in [1.165, 1.54) is 0 Å². The molecule has 0 bridgehead atoms. The summed E-state index contributed by atoms with van der Waals surface area (Å²) in [6, 6.07) is 9.24. The van der Waals surface area contributed by atoms with Gasteiger partial charge in [-0.1, -0.05) is 18.2 Å². The van der Waals surface area contributed by atoms with Crippen molar-refractivity contribution < 1.29 is 17.6 Å². The summed E-state index contributed by atoms with van der Waals surface area (Å²) in [4.78, 5) is 19.1. The second-order valence-electron chi connectivity index (χ2n) is 6.56. The number of likely N-dealkylation sites (tertiary alicyclic amines) is 1. The van der Waals surface area contributed by atoms with Crippen LogP contribution in [0.15, 0.2) is 34.7 Å². The molecule has 1 unspecified atom stereocenters. The van der Waals surface area contributed by atoms with Crippen molar-refractivity contribution in [2.45, 2.75) is 32.2 Å². The van der Waals surface area contributed by atoms with E-state index in [0.717, 1.165) is 31.1 Å². The summed E-state index contributed by atoms with van der Waals surface area (Å²) < 4.78 is 31.0. The van der Waals surface area contributed by atoms with Crippen LogP contribution < -0.4 is 4.72 Å². The third kappa shape index (κ3) is 4.31. The summed E-state index contributed by atoms with van der Waals surface area (Å²) in [5.74, 6) is 0.664. The molecule has 1 N–H and O–H groups in total. The number of hydrogen-bond acceptors (Lipinski definition) is 5. The first-order valence-corrected chi connectivity index (χ1v) is 10.5. The zero-order chi connectivity index (χ0) is 18.7. The van der Waals surface area contributed by atoms with E-state index < -0.39 is 10.0 Å². The molecule has 0 radical (unpaired) electrons. The van der Waals surface area contributed by atoms with Crippen molar-refractivity contribution in [1.29, 1.82) is 0 Å². The van der Waals surface area contributed by atoms with Gasteiger partial charge in [0.2, 0.25) is 15.9 Å². The zero-order valence-corrected chi connectivity index (χ0v) is 15.8. The van der Waals surface area contributed by atoms with E-state index >= 15 is 0 Å². The molecule has 7 nitrogen and oxygen atoms in total. The van der Waals surface area contributed by atoms with E-state index in [0.29, 0.717) is 18.2 Å². The molecule has 140 valence electrons. The highest BCUT2D eigenvalue weighted by atomic mass is 32.2. The van der Waals surface area contributed by atoms with Gasteiger partial charge in [-0.2, -0.15) is 0 Å². The van der Waals surface area contributed by atoms with Crippen LogP contribution in [0.5, 0.6) is 0 Å². The van der Waals surface area contributed by atoms with E-state index in [2.05, 4.69) is 9.71 Å². The predicted molar refractivity (Wildman–Crippen MR) is 98.2 cm³/mol. The highest BCUT2D eigenvalue weighted by Crippen LogP contribution is 2.25. The molecule has 3 rings (SSSR count). The van der Waals surface area contributed by atoms with Gasteiger partial charge in [0.05, 0.1) is 6.26 Å². The first-order valence-electron chi connectivity index (χ1n) is 8.63. The number of carbonyl (C=O) groups excluding carboxylic acids is 1. The lowest BCUT2D eigenvalue weighted by atomic mass is 10.0. The Kier molecular flexibility index (Phi) is 5.43. The summed E-state index contributed by atoms with van der Waals surface area (Å²) in [7, 11) is -3.30. The molecule has 2 heterocycles. The maximum absolute atomic E-state index is 13.0. The number of piperidine rings is 1. The van der Waals surface area contributed by atoms with Crippen LogP contribution in [0.1, 0.15) is 35.5 Å². The van der Waals surface area contributed by atoms with Crippen LogP contribution in [0.3, 0.4) is 0 Å². The lowest BCUT2D eigenvalue weighted by Crippen LogP contribution is -2.49. The quantitative estimate of drug-likeness (QED) is 0.862. The highest BCUT2D eigenvalue weighted by Gasteiger charge is 2.31. The molecule has 0 aliphatic carbocycles. The highest BCUT2D eigenvalue weighted by molar-refractivity contribution is 7.88. The Morgan fingerprint density at radius 1 is 1.31 bits per heavy atom. The van der Waals surface area contributed by atoms with Crippen LogP contribution in [0.2, 0.25) is 0 Å². The van der Waals surface area contributed by atoms with Crippen LogP contribution in [0.4, 0.5) is 0 Å². The predicted octanol–water partition coefficient (Wildman–Crippen LogP) is 2.19. The summed E-state index contributed by atoms with van der Waals surface area (Å²) in [5, 5.41) is 0. The molecule has 1 saturated heterocycles. The average molecular weight is 377 g/mol. The molecule has 2 aromatic rings. The number of amides is 1. The minimum Gasteiger partial charge on any atom is -0.441 e. The molecule has 1 atom stereocenters. The van der Waals surface area contributed by atoms with Gasteiger partial charge in [0.25, 0.3) is 5.91 Å². The standard InChI is InChI=1S/C18H23N3O4S/c1-13-16(20-17(25-13)14-8-4-3-5-9-14)18(22)21-11-7-6-10-15(21)12-19-26(2,23)24/h3-5,8-9,15,19H,6-7,10-12H2,1-2H3. The average Bonchev–Trinajstić information content (AvgIpc) is 3.01. The fourth-order valence-electron chi connectivity index (χ4n) is 3.16. The minimum atomic E-state index is -3.30. The molecule has 1 aliphatic heterocycles. The van der Waals surface area contributed by atoms with Gasteiger partial charge >= 0.3 is 0 Å². The maximum Gasteiger partial charge on any atom is 0.276 e. The van der Waals surface area contributed by atoms with Crippen LogP contribution >= 0.6 is 0 Å². The number of nitrogens with zero attached hydrogens (tertiary/aromatic N) is 2. The normalized spacial score (nSPS) is 18.1. The molecule has 8 heteroatoms. The van der Waals surface area contributed by atoms with Gasteiger partial charge in [0.15, 0.2) is 5.69 Å². The van der Waals surface area contributed by atoms with E-state index in [9.17, 15) is 13.2 Å². The van der Waals surface area contributed by atoms with Gasteiger partial charge in [-0.3, -0.25) is 4.79 Å². The van der Waals surface area contributed by atoms with Crippen LogP contribution in [0.25, 0.3) is 11.5 Å². The van der Waals surface area contributed by atoms with E-state index in [1.54, 1.807) is 11.8 Å². The van der Waals surface area contributed by atoms with Gasteiger partial charge in [-0.15, -0.1) is 0 Å². The molecular weight excluding hydrogens is 354 g/mol. The van der Waals surface area contributed by atoms with Crippen molar-refractivity contribution in [2.24, 2.45) is 0 Å². The Morgan fingerprint density at radius 3 is 2.73 bits per heavy atom. The van der Waals surface area contributed by atoms with Crippen molar-refractivity contribution >= 4 is 15.9 Å². The third-order valence-corrected chi connectivity index (χ3v) is 5.18. The van der Waals surface area contributed by atoms with Crippen molar-refractivity contribution in [3.05, 3.63) is 41.8 Å². The van der Waals surface area contributed by atoms with Crippen molar-refractivity contribution in [3.63, 3.8) is 0 Å². The van der Waals surface area contributed by atoms with Gasteiger partial charge < -0.3 is 9.32 Å². The second-order valence-corrected chi connectivity index (χ2v) is 8.39. The number of sulfonamides is 1. The van der Waals surface area contributed by atoms with Gasteiger partial charge in [0, 0.05) is 24.7 Å². The SMILES string of the molecule is Cc1oc(-c2ccccc2)nc1C(=O)N1CCCCC1CNS(C)(=O)=O. The van der Waals surface area contributed by atoms with Crippen molar-refractivity contribution in [1.82, 2.24) is 14.6 Å². The van der Waals surface area contributed by atoms with E-state index in [1.807, 2.05) is 30.3 Å². The number of nitrogens with one attached hydrogen (secondary N) is 1. The Labute approximate surface area is 153 Å². The van der Waals surface area contributed by atoms with Crippen LogP contribution in [-0.4, -0.2) is 49.6 Å². The number of oxazole rings is 1. The second kappa shape index (κ2) is 7.59. The smallest absolute Gasteiger partial charge is 0.276 e. The minimum absolute atomic E-state index is 0.178. The number of benzene rings is 1. The van der Waals surface area contributed by atoms with Gasteiger partial charge in [-0.05, 0) is 38.3 Å². The van der Waals surface area contributed by atoms with E-state index in [4.69, 9.17) is 4.42 Å². The molecule has 1 aliphatic rings. The Morgan fingerprint density at radius 2 is 2.04 bits per heavy atom. The summed E-state index contributed by atoms with van der Waals surface area (Å²) in [5.41, 5.74) is 1.10. The molecule has 0 spiro atoms. The molecule has 1 fully saturated rings. The summed E-state index contributed by atoms with van der Waals surface area (Å²) >= 11 is 0. The lowest BCUT2D eigenvalue weighted by molar-refractivity contribution is 0.0611. The first kappa shape index (κ1) is 18.6. The number of hydrogen-bond donors (Lipinski definition) is 1. The number of rotatable bonds is 5. The largest absolute Gasteiger partial charge is 0.441 e. The number of aromatic nitrogens is 1. The third-order valence-electron chi connectivity index (χ3n) is 4.49.